The number of aryl methyl sites for hydroxylation is 2. The lowest BCUT2D eigenvalue weighted by Gasteiger charge is -2.23. The zero-order valence-corrected chi connectivity index (χ0v) is 14.8. The third-order valence-corrected chi connectivity index (χ3v) is 4.63. The highest BCUT2D eigenvalue weighted by atomic mass is 15.0. The summed E-state index contributed by atoms with van der Waals surface area (Å²) < 4.78 is 0. The fraction of sp³-hybridized carbons (Fsp3) is 0.500. The van der Waals surface area contributed by atoms with Gasteiger partial charge in [0.05, 0.1) is 0 Å². The standard InChI is InChI=1S/C20H28N4/c1-3-4-18-13-19(22-14-16-9-11-21-12-10-16)24-20(23-18)17-7-5-15(2)6-8-17/h5-8,13,16,21H,3-4,9-12,14H2,1-2H3,(H,22,23,24). The van der Waals surface area contributed by atoms with Crippen molar-refractivity contribution in [1.29, 1.82) is 0 Å². The third kappa shape index (κ3) is 4.54. The van der Waals surface area contributed by atoms with Gasteiger partial charge in [0.1, 0.15) is 5.82 Å². The zero-order valence-electron chi connectivity index (χ0n) is 14.8. The maximum atomic E-state index is 4.76. The van der Waals surface area contributed by atoms with Gasteiger partial charge in [-0.05, 0) is 45.2 Å². The van der Waals surface area contributed by atoms with Crippen LogP contribution in [0.15, 0.2) is 30.3 Å². The predicted octanol–water partition coefficient (Wildman–Crippen LogP) is 3.82. The van der Waals surface area contributed by atoms with Gasteiger partial charge in [-0.1, -0.05) is 43.2 Å². The Bertz CT molecular complexity index is 645. The molecular weight excluding hydrogens is 296 g/mol. The third-order valence-electron chi connectivity index (χ3n) is 4.63. The highest BCUT2D eigenvalue weighted by Gasteiger charge is 2.13. The summed E-state index contributed by atoms with van der Waals surface area (Å²) in [5.74, 6) is 2.52. The zero-order chi connectivity index (χ0) is 16.8. The Morgan fingerprint density at radius 3 is 2.58 bits per heavy atom. The fourth-order valence-corrected chi connectivity index (χ4v) is 3.14. The minimum Gasteiger partial charge on any atom is -0.370 e. The van der Waals surface area contributed by atoms with Gasteiger partial charge in [-0.2, -0.15) is 0 Å². The Hall–Kier alpha value is -1.94. The van der Waals surface area contributed by atoms with Crippen molar-refractivity contribution in [2.75, 3.05) is 25.0 Å². The first kappa shape index (κ1) is 16.9. The van der Waals surface area contributed by atoms with Crippen LogP contribution < -0.4 is 10.6 Å². The summed E-state index contributed by atoms with van der Waals surface area (Å²) in [5, 5.41) is 6.98. The molecule has 2 heterocycles. The van der Waals surface area contributed by atoms with Crippen molar-refractivity contribution in [3.05, 3.63) is 41.6 Å². The minimum atomic E-state index is 0.735. The number of nitrogens with one attached hydrogen (secondary N) is 2. The molecule has 3 rings (SSSR count). The van der Waals surface area contributed by atoms with E-state index < -0.39 is 0 Å². The lowest BCUT2D eigenvalue weighted by atomic mass is 9.98. The Morgan fingerprint density at radius 1 is 1.12 bits per heavy atom. The molecule has 0 atom stereocenters. The summed E-state index contributed by atoms with van der Waals surface area (Å²) in [5.41, 5.74) is 3.46. The van der Waals surface area contributed by atoms with Crippen molar-refractivity contribution >= 4 is 5.82 Å². The number of hydrogen-bond acceptors (Lipinski definition) is 4. The van der Waals surface area contributed by atoms with Gasteiger partial charge in [-0.3, -0.25) is 0 Å². The average molecular weight is 324 g/mol. The van der Waals surface area contributed by atoms with Crippen LogP contribution >= 0.6 is 0 Å². The molecular formula is C20H28N4. The van der Waals surface area contributed by atoms with Gasteiger partial charge in [0.15, 0.2) is 5.82 Å². The molecule has 4 nitrogen and oxygen atoms in total. The Balaban J connectivity index is 1.78. The van der Waals surface area contributed by atoms with Crippen LogP contribution in [-0.4, -0.2) is 29.6 Å². The predicted molar refractivity (Wildman–Crippen MR) is 100 cm³/mol. The molecule has 0 unspecified atom stereocenters. The van der Waals surface area contributed by atoms with Gasteiger partial charge in [0.25, 0.3) is 0 Å². The molecule has 0 spiro atoms. The first-order chi connectivity index (χ1) is 11.7. The molecule has 4 heteroatoms. The van der Waals surface area contributed by atoms with Crippen LogP contribution in [-0.2, 0) is 6.42 Å². The molecule has 0 saturated carbocycles. The number of rotatable bonds is 6. The monoisotopic (exact) mass is 324 g/mol. The lowest BCUT2D eigenvalue weighted by Crippen LogP contribution is -2.31. The molecule has 0 amide bonds. The van der Waals surface area contributed by atoms with E-state index in [9.17, 15) is 0 Å². The van der Waals surface area contributed by atoms with E-state index in [4.69, 9.17) is 9.97 Å². The number of piperidine rings is 1. The molecule has 0 aliphatic carbocycles. The van der Waals surface area contributed by atoms with E-state index in [1.807, 2.05) is 0 Å². The van der Waals surface area contributed by atoms with E-state index >= 15 is 0 Å². The second kappa shape index (κ2) is 8.25. The second-order valence-corrected chi connectivity index (χ2v) is 6.76. The van der Waals surface area contributed by atoms with Crippen LogP contribution in [0.4, 0.5) is 5.82 Å². The van der Waals surface area contributed by atoms with Gasteiger partial charge < -0.3 is 10.6 Å². The number of hydrogen-bond donors (Lipinski definition) is 2. The van der Waals surface area contributed by atoms with Crippen molar-refractivity contribution in [3.8, 4) is 11.4 Å². The summed E-state index contributed by atoms with van der Waals surface area (Å²) in [4.78, 5) is 9.52. The van der Waals surface area contributed by atoms with Crippen LogP contribution in [0.5, 0.6) is 0 Å². The molecule has 1 aromatic heterocycles. The normalized spacial score (nSPS) is 15.4. The number of nitrogens with zero attached hydrogens (tertiary/aromatic N) is 2. The van der Waals surface area contributed by atoms with Crippen LogP contribution in [0.25, 0.3) is 11.4 Å². The SMILES string of the molecule is CCCc1cc(NCC2CCNCC2)nc(-c2ccc(C)cc2)n1. The summed E-state index contributed by atoms with van der Waals surface area (Å²) in [6.07, 6.45) is 4.57. The number of benzene rings is 1. The minimum absolute atomic E-state index is 0.735. The Morgan fingerprint density at radius 2 is 1.88 bits per heavy atom. The van der Waals surface area contributed by atoms with Gasteiger partial charge >= 0.3 is 0 Å². The van der Waals surface area contributed by atoms with Crippen LogP contribution in [0.2, 0.25) is 0 Å². The molecule has 0 radical (unpaired) electrons. The fourth-order valence-electron chi connectivity index (χ4n) is 3.14. The van der Waals surface area contributed by atoms with E-state index in [0.717, 1.165) is 61.3 Å². The van der Waals surface area contributed by atoms with Crippen LogP contribution in [0, 0.1) is 12.8 Å². The second-order valence-electron chi connectivity index (χ2n) is 6.76. The van der Waals surface area contributed by atoms with Gasteiger partial charge in [0.2, 0.25) is 0 Å². The van der Waals surface area contributed by atoms with E-state index in [0.29, 0.717) is 0 Å². The molecule has 1 aliphatic rings. The molecule has 1 fully saturated rings. The number of aromatic nitrogens is 2. The smallest absolute Gasteiger partial charge is 0.161 e. The van der Waals surface area contributed by atoms with Crippen LogP contribution in [0.3, 0.4) is 0 Å². The summed E-state index contributed by atoms with van der Waals surface area (Å²) in [7, 11) is 0. The first-order valence-corrected chi connectivity index (χ1v) is 9.14. The molecule has 2 aromatic rings. The van der Waals surface area contributed by atoms with Crippen molar-refractivity contribution in [1.82, 2.24) is 15.3 Å². The van der Waals surface area contributed by atoms with E-state index in [-0.39, 0.29) is 0 Å². The Labute approximate surface area is 145 Å². The molecule has 2 N–H and O–H groups in total. The molecule has 0 bridgehead atoms. The first-order valence-electron chi connectivity index (χ1n) is 9.14. The molecule has 1 aromatic carbocycles. The van der Waals surface area contributed by atoms with Crippen molar-refractivity contribution in [2.45, 2.75) is 39.5 Å². The van der Waals surface area contributed by atoms with Crippen LogP contribution in [0.1, 0.15) is 37.4 Å². The molecule has 1 saturated heterocycles. The molecule has 24 heavy (non-hydrogen) atoms. The highest BCUT2D eigenvalue weighted by Crippen LogP contribution is 2.20. The molecule has 128 valence electrons. The highest BCUT2D eigenvalue weighted by molar-refractivity contribution is 5.58. The van der Waals surface area contributed by atoms with Gasteiger partial charge in [-0.25, -0.2) is 9.97 Å². The maximum absolute atomic E-state index is 4.76. The van der Waals surface area contributed by atoms with E-state index in [2.05, 4.69) is 54.8 Å². The number of anilines is 1. The topological polar surface area (TPSA) is 49.8 Å². The summed E-state index contributed by atoms with van der Waals surface area (Å²) in [6, 6.07) is 10.6. The summed E-state index contributed by atoms with van der Waals surface area (Å²) >= 11 is 0. The average Bonchev–Trinajstić information content (AvgIpc) is 2.62. The van der Waals surface area contributed by atoms with E-state index in [1.165, 1.54) is 18.4 Å². The quantitative estimate of drug-likeness (QED) is 0.848. The largest absolute Gasteiger partial charge is 0.370 e. The Kier molecular flexibility index (Phi) is 5.81. The lowest BCUT2D eigenvalue weighted by molar-refractivity contribution is 0.389. The molecule has 1 aliphatic heterocycles. The van der Waals surface area contributed by atoms with Crippen molar-refractivity contribution < 1.29 is 0 Å². The van der Waals surface area contributed by atoms with Crippen molar-refractivity contribution in [2.24, 2.45) is 5.92 Å². The maximum Gasteiger partial charge on any atom is 0.161 e. The van der Waals surface area contributed by atoms with Gasteiger partial charge in [0, 0.05) is 23.9 Å². The summed E-state index contributed by atoms with van der Waals surface area (Å²) in [6.45, 7) is 7.55. The van der Waals surface area contributed by atoms with Gasteiger partial charge in [-0.15, -0.1) is 0 Å². The van der Waals surface area contributed by atoms with E-state index in [1.54, 1.807) is 0 Å². The van der Waals surface area contributed by atoms with Crippen molar-refractivity contribution in [3.63, 3.8) is 0 Å².